The van der Waals surface area contributed by atoms with Crippen molar-refractivity contribution < 1.29 is 0 Å². The molecule has 408 valence electrons. The van der Waals surface area contributed by atoms with E-state index in [4.69, 9.17) is 0 Å². The highest BCUT2D eigenvalue weighted by atomic mass is 28.3. The van der Waals surface area contributed by atoms with Crippen molar-refractivity contribution in [3.8, 4) is 34.6 Å². The van der Waals surface area contributed by atoms with Gasteiger partial charge in [-0.25, -0.2) is 0 Å². The monoisotopic (exact) mass is 1130 g/mol. The molecule has 0 radical (unpaired) electrons. The number of hydrogen-bond acceptors (Lipinski definition) is 4. The van der Waals surface area contributed by atoms with Crippen molar-refractivity contribution in [3.05, 3.63) is 339 Å². The fraction of sp³-hybridized carbons (Fsp3) is 0. The Hall–Kier alpha value is -11.7. The first kappa shape index (κ1) is 52.1. The number of rotatable bonds is 13. The van der Waals surface area contributed by atoms with Crippen LogP contribution in [0.15, 0.2) is 328 Å². The summed E-state index contributed by atoms with van der Waals surface area (Å²) in [5.41, 5.74) is 14.8. The lowest BCUT2D eigenvalue weighted by atomic mass is 9.98. The average molecular weight is 1130 g/mol. The summed E-state index contributed by atoms with van der Waals surface area (Å²) in [5.74, 6) is 0. The van der Waals surface area contributed by atoms with E-state index in [0.29, 0.717) is 11.1 Å². The lowest BCUT2D eigenvalue weighted by molar-refractivity contribution is 1.10. The Labute approximate surface area is 506 Å². The van der Waals surface area contributed by atoms with E-state index in [1.165, 1.54) is 15.6 Å². The van der Waals surface area contributed by atoms with Gasteiger partial charge in [-0.1, -0.05) is 206 Å². The minimum absolute atomic E-state index is 0.321. The highest BCUT2D eigenvalue weighted by Crippen LogP contribution is 2.45. The highest BCUT2D eigenvalue weighted by Gasteiger charge is 2.44. The van der Waals surface area contributed by atoms with Crippen LogP contribution in [0.1, 0.15) is 11.1 Å². The van der Waals surface area contributed by atoms with Crippen molar-refractivity contribution in [2.45, 2.75) is 0 Å². The Kier molecular flexibility index (Phi) is 13.2. The van der Waals surface area contributed by atoms with Crippen LogP contribution in [0.3, 0.4) is 0 Å². The van der Waals surface area contributed by atoms with E-state index in [-0.39, 0.29) is 0 Å². The Bertz CT molecular complexity index is 4940. The smallest absolute Gasteiger partial charge is 0.180 e. The van der Waals surface area contributed by atoms with Crippen LogP contribution in [0.5, 0.6) is 0 Å². The van der Waals surface area contributed by atoms with Gasteiger partial charge in [-0.05, 0) is 153 Å². The summed E-state index contributed by atoms with van der Waals surface area (Å²) in [6, 6.07) is 122. The maximum Gasteiger partial charge on any atom is 0.180 e. The standard InChI is InChI=1S/C80H54N6Si/c81-55-58-45-44-57(50-59(58)56-82)71-53-78(85-74-42-24-22-40-69(74)72-51-64(46-48-76(72)85)83(60-26-8-1-9-27-60)61-28-10-2-11-29-61)79(54-80(71)87(66-34-16-5-17-35-66,67-36-18-6-19-37-67)68-38-20-7-21-39-68)86-75-43-25-23-41-70(75)73-52-65(47-49-77(73)86)84(62-30-12-3-13-31-62)63-32-14-4-15-33-63/h1-54H. The molecule has 0 saturated carbocycles. The number of fused-ring (bicyclic) bond motifs is 6. The van der Waals surface area contributed by atoms with Gasteiger partial charge in [0.05, 0.1) is 44.6 Å². The van der Waals surface area contributed by atoms with Gasteiger partial charge < -0.3 is 18.9 Å². The number of para-hydroxylation sites is 6. The number of aromatic nitrogens is 2. The zero-order valence-corrected chi connectivity index (χ0v) is 48.4. The maximum atomic E-state index is 10.9. The maximum absolute atomic E-state index is 10.9. The van der Waals surface area contributed by atoms with Gasteiger partial charge in [0, 0.05) is 55.7 Å². The average Bonchev–Trinajstić information content (AvgIpc) is 1.76. The second-order valence-corrected chi connectivity index (χ2v) is 25.6. The summed E-state index contributed by atoms with van der Waals surface area (Å²) < 4.78 is 4.95. The van der Waals surface area contributed by atoms with Gasteiger partial charge in [0.2, 0.25) is 0 Å². The molecular formula is C80H54N6Si. The minimum Gasteiger partial charge on any atom is -0.310 e. The number of benzene rings is 13. The minimum atomic E-state index is -3.44. The molecule has 87 heavy (non-hydrogen) atoms. The number of anilines is 6. The molecule has 13 aromatic carbocycles. The van der Waals surface area contributed by atoms with Crippen LogP contribution in [0.25, 0.3) is 66.1 Å². The fourth-order valence-electron chi connectivity index (χ4n) is 13.3. The molecule has 0 amide bonds. The second kappa shape index (κ2) is 22.1. The van der Waals surface area contributed by atoms with Crippen LogP contribution in [0.4, 0.5) is 34.1 Å². The summed E-state index contributed by atoms with van der Waals surface area (Å²) in [6.45, 7) is 0. The van der Waals surface area contributed by atoms with Crippen molar-refractivity contribution in [2.75, 3.05) is 9.80 Å². The fourth-order valence-corrected chi connectivity index (χ4v) is 18.3. The van der Waals surface area contributed by atoms with Gasteiger partial charge in [0.25, 0.3) is 0 Å². The first-order chi connectivity index (χ1) is 43.1. The molecule has 0 unspecified atom stereocenters. The molecule has 2 heterocycles. The molecule has 0 spiro atoms. The summed E-state index contributed by atoms with van der Waals surface area (Å²) in [4.78, 5) is 4.66. The SMILES string of the molecule is N#Cc1ccc(-c2cc(-n3c4ccccc4c4cc(N(c5ccccc5)c5ccccc5)ccc43)c(-n3c4ccccc4c4cc(N(c5ccccc5)c5ccccc5)ccc43)cc2[Si](c2ccccc2)(c2ccccc2)c2ccccc2)cc1C#N. The number of nitrogens with zero attached hydrogens (tertiary/aromatic N) is 6. The van der Waals surface area contributed by atoms with Gasteiger partial charge in [0.1, 0.15) is 12.1 Å². The lowest BCUT2D eigenvalue weighted by Gasteiger charge is -2.37. The van der Waals surface area contributed by atoms with Gasteiger partial charge in [-0.15, -0.1) is 0 Å². The van der Waals surface area contributed by atoms with E-state index in [0.717, 1.165) is 105 Å². The van der Waals surface area contributed by atoms with Gasteiger partial charge in [-0.3, -0.25) is 0 Å². The van der Waals surface area contributed by atoms with Gasteiger partial charge in [0.15, 0.2) is 8.07 Å². The molecule has 15 rings (SSSR count). The normalized spacial score (nSPS) is 11.4. The molecule has 15 aromatic rings. The molecule has 0 bridgehead atoms. The number of hydrogen-bond donors (Lipinski definition) is 0. The van der Waals surface area contributed by atoms with E-state index in [2.05, 4.69) is 340 Å². The molecular weight excluding hydrogens is 1070 g/mol. The summed E-state index contributed by atoms with van der Waals surface area (Å²) in [6.07, 6.45) is 0. The Morgan fingerprint density at radius 1 is 0.276 bits per heavy atom. The summed E-state index contributed by atoms with van der Waals surface area (Å²) >= 11 is 0. The van der Waals surface area contributed by atoms with Gasteiger partial charge in [-0.2, -0.15) is 10.5 Å². The molecule has 0 aliphatic carbocycles. The third-order valence-electron chi connectivity index (χ3n) is 17.1. The molecule has 7 heteroatoms. The summed E-state index contributed by atoms with van der Waals surface area (Å²) in [5, 5.41) is 30.5. The van der Waals surface area contributed by atoms with Crippen molar-refractivity contribution in [1.29, 1.82) is 10.5 Å². The van der Waals surface area contributed by atoms with Crippen molar-refractivity contribution in [1.82, 2.24) is 9.13 Å². The predicted molar refractivity (Wildman–Crippen MR) is 363 cm³/mol. The molecule has 6 nitrogen and oxygen atoms in total. The molecule has 0 atom stereocenters. The van der Waals surface area contributed by atoms with Crippen LogP contribution >= 0.6 is 0 Å². The molecule has 0 fully saturated rings. The first-order valence-corrected chi connectivity index (χ1v) is 31.3. The van der Waals surface area contributed by atoms with Crippen molar-refractivity contribution in [3.63, 3.8) is 0 Å². The Morgan fingerprint density at radius 2 is 0.621 bits per heavy atom. The molecule has 0 N–H and O–H groups in total. The van der Waals surface area contributed by atoms with E-state index in [1.54, 1.807) is 0 Å². The van der Waals surface area contributed by atoms with Crippen LogP contribution in [-0.2, 0) is 0 Å². The Balaban J connectivity index is 1.11. The zero-order chi connectivity index (χ0) is 58.3. The molecule has 0 saturated heterocycles. The first-order valence-electron chi connectivity index (χ1n) is 29.3. The third-order valence-corrected chi connectivity index (χ3v) is 21.9. The largest absolute Gasteiger partial charge is 0.310 e. The number of nitriles is 2. The summed E-state index contributed by atoms with van der Waals surface area (Å²) in [7, 11) is -3.44. The van der Waals surface area contributed by atoms with Crippen LogP contribution in [-0.4, -0.2) is 17.2 Å². The topological polar surface area (TPSA) is 63.9 Å². The van der Waals surface area contributed by atoms with E-state index >= 15 is 0 Å². The highest BCUT2D eigenvalue weighted by molar-refractivity contribution is 7.20. The Morgan fingerprint density at radius 3 is 1.01 bits per heavy atom. The molecule has 0 aliphatic heterocycles. The van der Waals surface area contributed by atoms with E-state index < -0.39 is 8.07 Å². The molecule has 2 aromatic heterocycles. The third kappa shape index (κ3) is 8.85. The van der Waals surface area contributed by atoms with Crippen molar-refractivity contribution in [2.24, 2.45) is 0 Å². The van der Waals surface area contributed by atoms with Crippen molar-refractivity contribution >= 4 is 107 Å². The molecule has 0 aliphatic rings. The van der Waals surface area contributed by atoms with E-state index in [9.17, 15) is 10.5 Å². The lowest BCUT2D eigenvalue weighted by Crippen LogP contribution is -2.75. The second-order valence-electron chi connectivity index (χ2n) is 21.8. The van der Waals surface area contributed by atoms with Gasteiger partial charge >= 0.3 is 0 Å². The quantitative estimate of drug-likeness (QED) is 0.0852. The zero-order valence-electron chi connectivity index (χ0n) is 47.4. The van der Waals surface area contributed by atoms with E-state index in [1.807, 2.05) is 18.2 Å². The van der Waals surface area contributed by atoms with Crippen LogP contribution in [0, 0.1) is 22.7 Å². The van der Waals surface area contributed by atoms with Crippen LogP contribution in [0.2, 0.25) is 0 Å². The predicted octanol–water partition coefficient (Wildman–Crippen LogP) is 17.6. The van der Waals surface area contributed by atoms with Crippen LogP contribution < -0.4 is 30.5 Å².